The highest BCUT2D eigenvalue weighted by Gasteiger charge is 2.32. The number of hydrogen-bond donors (Lipinski definition) is 1. The quantitative estimate of drug-likeness (QED) is 0.851. The molecule has 1 heterocycles. The van der Waals surface area contributed by atoms with E-state index in [-0.39, 0.29) is 0 Å². The van der Waals surface area contributed by atoms with Gasteiger partial charge in [-0.25, -0.2) is 0 Å². The van der Waals surface area contributed by atoms with Gasteiger partial charge in [-0.3, -0.25) is 0 Å². The van der Waals surface area contributed by atoms with Crippen LogP contribution in [-0.2, 0) is 0 Å². The van der Waals surface area contributed by atoms with Gasteiger partial charge in [0.05, 0.1) is 0 Å². The van der Waals surface area contributed by atoms with Crippen LogP contribution in [0.3, 0.4) is 0 Å². The molecular formula is C15H30N2S. The average Bonchev–Trinajstić information content (AvgIpc) is 2.36. The number of nitrogens with two attached hydrogens (primary N) is 1. The molecule has 0 aromatic heterocycles. The molecule has 2 fully saturated rings. The molecule has 0 aromatic rings. The van der Waals surface area contributed by atoms with E-state index in [4.69, 9.17) is 5.73 Å². The summed E-state index contributed by atoms with van der Waals surface area (Å²) < 4.78 is 0.445. The third-order valence-corrected chi connectivity index (χ3v) is 6.11. The van der Waals surface area contributed by atoms with Gasteiger partial charge in [0, 0.05) is 23.6 Å². The number of rotatable bonds is 4. The molecule has 0 bridgehead atoms. The van der Waals surface area contributed by atoms with Crippen molar-refractivity contribution in [2.45, 2.75) is 57.1 Å². The monoisotopic (exact) mass is 270 g/mol. The van der Waals surface area contributed by atoms with Crippen molar-refractivity contribution in [1.29, 1.82) is 0 Å². The Labute approximate surface area is 117 Å². The molecular weight excluding hydrogens is 240 g/mol. The summed E-state index contributed by atoms with van der Waals surface area (Å²) in [5, 5.41) is 0. The zero-order valence-corrected chi connectivity index (χ0v) is 13.0. The lowest BCUT2D eigenvalue weighted by Gasteiger charge is -2.41. The normalized spacial score (nSPS) is 28.2. The van der Waals surface area contributed by atoms with Crippen molar-refractivity contribution in [3.8, 4) is 0 Å². The van der Waals surface area contributed by atoms with Crippen LogP contribution in [0, 0.1) is 5.41 Å². The fraction of sp³-hybridized carbons (Fsp3) is 1.00. The molecule has 1 aliphatic heterocycles. The maximum Gasteiger partial charge on any atom is 0.0231 e. The van der Waals surface area contributed by atoms with Gasteiger partial charge in [0.1, 0.15) is 0 Å². The molecule has 2 aliphatic rings. The van der Waals surface area contributed by atoms with Gasteiger partial charge < -0.3 is 10.6 Å². The Morgan fingerprint density at radius 3 is 2.50 bits per heavy atom. The highest BCUT2D eigenvalue weighted by Crippen LogP contribution is 2.39. The van der Waals surface area contributed by atoms with Gasteiger partial charge in [0.2, 0.25) is 0 Å². The van der Waals surface area contributed by atoms with Gasteiger partial charge in [-0.15, -0.1) is 0 Å². The van der Waals surface area contributed by atoms with Gasteiger partial charge in [0.15, 0.2) is 0 Å². The lowest BCUT2D eigenvalue weighted by Crippen LogP contribution is -2.45. The third kappa shape index (κ3) is 3.88. The first-order valence-corrected chi connectivity index (χ1v) is 8.60. The maximum atomic E-state index is 6.08. The van der Waals surface area contributed by atoms with Crippen molar-refractivity contribution in [3.05, 3.63) is 0 Å². The molecule has 0 spiro atoms. The van der Waals surface area contributed by atoms with Crippen molar-refractivity contribution in [1.82, 2.24) is 4.90 Å². The highest BCUT2D eigenvalue weighted by atomic mass is 32.2. The minimum atomic E-state index is 0.445. The largest absolute Gasteiger partial charge is 0.330 e. The molecule has 0 unspecified atom stereocenters. The average molecular weight is 270 g/mol. The van der Waals surface area contributed by atoms with E-state index in [2.05, 4.69) is 30.5 Å². The van der Waals surface area contributed by atoms with Crippen molar-refractivity contribution >= 4 is 11.8 Å². The van der Waals surface area contributed by atoms with E-state index in [9.17, 15) is 0 Å². The number of hydrogen-bond acceptors (Lipinski definition) is 3. The standard InChI is InChI=1S/C15H30N2S/c1-14(2)13-17(10-11-18-14)9-8-15(12-16)6-4-3-5-7-15/h3-13,16H2,1-2H3. The first-order chi connectivity index (χ1) is 8.55. The molecule has 3 heteroatoms. The predicted molar refractivity (Wildman–Crippen MR) is 82.2 cm³/mol. The van der Waals surface area contributed by atoms with Crippen LogP contribution in [0.15, 0.2) is 0 Å². The molecule has 0 aromatic carbocycles. The van der Waals surface area contributed by atoms with Crippen LogP contribution in [0.2, 0.25) is 0 Å². The molecule has 1 aliphatic carbocycles. The molecule has 2 N–H and O–H groups in total. The van der Waals surface area contributed by atoms with E-state index in [1.165, 1.54) is 63.9 Å². The van der Waals surface area contributed by atoms with Crippen LogP contribution in [0.4, 0.5) is 0 Å². The summed E-state index contributed by atoms with van der Waals surface area (Å²) in [7, 11) is 0. The van der Waals surface area contributed by atoms with Gasteiger partial charge in [0.25, 0.3) is 0 Å². The van der Waals surface area contributed by atoms with Crippen molar-refractivity contribution < 1.29 is 0 Å². The minimum Gasteiger partial charge on any atom is -0.330 e. The Kier molecular flexibility index (Phi) is 5.01. The van der Waals surface area contributed by atoms with E-state index in [1.54, 1.807) is 0 Å². The number of thioether (sulfide) groups is 1. The topological polar surface area (TPSA) is 29.3 Å². The van der Waals surface area contributed by atoms with Gasteiger partial charge in [-0.2, -0.15) is 11.8 Å². The third-order valence-electron chi connectivity index (χ3n) is 4.81. The van der Waals surface area contributed by atoms with E-state index in [0.717, 1.165) is 6.54 Å². The summed E-state index contributed by atoms with van der Waals surface area (Å²) in [5.74, 6) is 1.29. The van der Waals surface area contributed by atoms with Crippen LogP contribution in [0.25, 0.3) is 0 Å². The van der Waals surface area contributed by atoms with Gasteiger partial charge in [-0.05, 0) is 51.6 Å². The fourth-order valence-corrected chi connectivity index (χ4v) is 4.73. The second-order valence-electron chi connectivity index (χ2n) is 6.90. The molecule has 0 radical (unpaired) electrons. The van der Waals surface area contributed by atoms with Crippen LogP contribution in [-0.4, -0.2) is 41.6 Å². The maximum absolute atomic E-state index is 6.08. The lowest BCUT2D eigenvalue weighted by molar-refractivity contribution is 0.144. The summed E-state index contributed by atoms with van der Waals surface area (Å²) in [5.41, 5.74) is 6.56. The smallest absolute Gasteiger partial charge is 0.0231 e. The van der Waals surface area contributed by atoms with E-state index < -0.39 is 0 Å². The molecule has 18 heavy (non-hydrogen) atoms. The second-order valence-corrected chi connectivity index (χ2v) is 8.70. The van der Waals surface area contributed by atoms with E-state index in [0.29, 0.717) is 10.2 Å². The van der Waals surface area contributed by atoms with E-state index in [1.807, 2.05) is 0 Å². The Bertz CT molecular complexity index is 259. The van der Waals surface area contributed by atoms with Crippen molar-refractivity contribution in [2.24, 2.45) is 11.1 Å². The van der Waals surface area contributed by atoms with Gasteiger partial charge in [-0.1, -0.05) is 19.3 Å². The zero-order valence-electron chi connectivity index (χ0n) is 12.2. The molecule has 1 saturated heterocycles. The highest BCUT2D eigenvalue weighted by molar-refractivity contribution is 8.00. The fourth-order valence-electron chi connectivity index (χ4n) is 3.56. The molecule has 2 rings (SSSR count). The molecule has 1 saturated carbocycles. The SMILES string of the molecule is CC1(C)CN(CCC2(CN)CCCCC2)CCS1. The Hall–Kier alpha value is 0.270. The summed E-state index contributed by atoms with van der Waals surface area (Å²) >= 11 is 2.12. The number of nitrogens with zero attached hydrogens (tertiary/aromatic N) is 1. The molecule has 0 amide bonds. The summed E-state index contributed by atoms with van der Waals surface area (Å²) in [6, 6.07) is 0. The van der Waals surface area contributed by atoms with Gasteiger partial charge >= 0.3 is 0 Å². The first-order valence-electron chi connectivity index (χ1n) is 7.62. The van der Waals surface area contributed by atoms with Crippen LogP contribution >= 0.6 is 11.8 Å². The summed E-state index contributed by atoms with van der Waals surface area (Å²) in [6.07, 6.45) is 8.29. The van der Waals surface area contributed by atoms with Crippen LogP contribution in [0.1, 0.15) is 52.4 Å². The molecule has 2 nitrogen and oxygen atoms in total. The molecule has 0 atom stereocenters. The van der Waals surface area contributed by atoms with Crippen molar-refractivity contribution in [2.75, 3.05) is 31.9 Å². The Morgan fingerprint density at radius 2 is 1.89 bits per heavy atom. The van der Waals surface area contributed by atoms with Crippen molar-refractivity contribution in [3.63, 3.8) is 0 Å². The minimum absolute atomic E-state index is 0.445. The predicted octanol–water partition coefficient (Wildman–Crippen LogP) is 3.11. The molecule has 106 valence electrons. The summed E-state index contributed by atoms with van der Waals surface area (Å²) in [4.78, 5) is 2.67. The van der Waals surface area contributed by atoms with E-state index >= 15 is 0 Å². The zero-order chi connectivity index (χ0) is 13.1. The Morgan fingerprint density at radius 1 is 1.17 bits per heavy atom. The first kappa shape index (κ1) is 14.7. The lowest BCUT2D eigenvalue weighted by atomic mass is 9.72. The van der Waals surface area contributed by atoms with Crippen LogP contribution in [0.5, 0.6) is 0 Å². The second kappa shape index (κ2) is 6.15. The Balaban J connectivity index is 1.82. The summed E-state index contributed by atoms with van der Waals surface area (Å²) in [6.45, 7) is 9.44. The van der Waals surface area contributed by atoms with Crippen LogP contribution < -0.4 is 5.73 Å².